The first-order valence-electron chi connectivity index (χ1n) is 7.10. The largest absolute Gasteiger partial charge is 0.393 e. The molecule has 5 atom stereocenters. The second-order valence-corrected chi connectivity index (χ2v) is 6.22. The lowest BCUT2D eigenvalue weighted by Crippen LogP contribution is -2.49. The van der Waals surface area contributed by atoms with Gasteiger partial charge < -0.3 is 9.84 Å². The molecule has 3 nitrogen and oxygen atoms in total. The zero-order valence-electron chi connectivity index (χ0n) is 11.4. The number of hydrogen-bond donors (Lipinski definition) is 1. The molecular weight excluding hydrogens is 214 g/mol. The van der Waals surface area contributed by atoms with Gasteiger partial charge in [-0.25, -0.2) is 0 Å². The molecule has 100 valence electrons. The highest BCUT2D eigenvalue weighted by molar-refractivity contribution is 4.83. The number of rotatable bonds is 2. The van der Waals surface area contributed by atoms with Gasteiger partial charge in [0.1, 0.15) is 0 Å². The van der Waals surface area contributed by atoms with E-state index in [1.165, 1.54) is 12.8 Å². The molecule has 0 aromatic carbocycles. The molecule has 2 aliphatic rings. The Hall–Kier alpha value is -0.120. The van der Waals surface area contributed by atoms with Gasteiger partial charge in [0, 0.05) is 19.6 Å². The van der Waals surface area contributed by atoms with Gasteiger partial charge in [0.05, 0.1) is 18.3 Å². The number of aliphatic hydroxyl groups is 1. The monoisotopic (exact) mass is 241 g/mol. The van der Waals surface area contributed by atoms with Crippen molar-refractivity contribution in [3.63, 3.8) is 0 Å². The summed E-state index contributed by atoms with van der Waals surface area (Å²) < 4.78 is 5.75. The van der Waals surface area contributed by atoms with Gasteiger partial charge in [-0.15, -0.1) is 0 Å². The van der Waals surface area contributed by atoms with E-state index in [0.29, 0.717) is 18.1 Å². The van der Waals surface area contributed by atoms with Gasteiger partial charge in [0.25, 0.3) is 0 Å². The van der Waals surface area contributed by atoms with Crippen LogP contribution in [-0.4, -0.2) is 48.0 Å². The molecule has 5 unspecified atom stereocenters. The fourth-order valence-electron chi connectivity index (χ4n) is 3.44. The molecule has 2 rings (SSSR count). The molecule has 1 aliphatic carbocycles. The molecule has 0 radical (unpaired) electrons. The first kappa shape index (κ1) is 13.3. The first-order chi connectivity index (χ1) is 8.04. The highest BCUT2D eigenvalue weighted by Gasteiger charge is 2.31. The molecule has 1 saturated carbocycles. The van der Waals surface area contributed by atoms with E-state index >= 15 is 0 Å². The number of morpholine rings is 1. The van der Waals surface area contributed by atoms with Crippen molar-refractivity contribution in [2.45, 2.75) is 58.3 Å². The normalized spacial score (nSPS) is 44.8. The Kier molecular flexibility index (Phi) is 4.45. The summed E-state index contributed by atoms with van der Waals surface area (Å²) in [6, 6.07) is 0. The van der Waals surface area contributed by atoms with Crippen molar-refractivity contribution in [2.75, 3.05) is 19.6 Å². The van der Waals surface area contributed by atoms with Crippen LogP contribution in [0.25, 0.3) is 0 Å². The summed E-state index contributed by atoms with van der Waals surface area (Å²) in [4.78, 5) is 2.48. The van der Waals surface area contributed by atoms with Crippen molar-refractivity contribution in [1.29, 1.82) is 0 Å². The van der Waals surface area contributed by atoms with Crippen LogP contribution in [0, 0.1) is 11.8 Å². The van der Waals surface area contributed by atoms with Crippen molar-refractivity contribution >= 4 is 0 Å². The minimum absolute atomic E-state index is 0.0837. The van der Waals surface area contributed by atoms with Crippen molar-refractivity contribution in [2.24, 2.45) is 11.8 Å². The van der Waals surface area contributed by atoms with Crippen LogP contribution in [0.2, 0.25) is 0 Å². The van der Waals surface area contributed by atoms with E-state index in [1.807, 2.05) is 0 Å². The van der Waals surface area contributed by atoms with Crippen LogP contribution in [0.3, 0.4) is 0 Å². The minimum Gasteiger partial charge on any atom is -0.393 e. The van der Waals surface area contributed by atoms with Gasteiger partial charge in [-0.1, -0.05) is 6.92 Å². The molecule has 0 spiro atoms. The fraction of sp³-hybridized carbons (Fsp3) is 1.00. The van der Waals surface area contributed by atoms with Crippen LogP contribution in [0.1, 0.15) is 40.0 Å². The summed E-state index contributed by atoms with van der Waals surface area (Å²) in [5.74, 6) is 1.25. The van der Waals surface area contributed by atoms with Crippen molar-refractivity contribution in [1.82, 2.24) is 4.90 Å². The average molecular weight is 241 g/mol. The molecule has 0 bridgehead atoms. The van der Waals surface area contributed by atoms with Crippen LogP contribution < -0.4 is 0 Å². The summed E-state index contributed by atoms with van der Waals surface area (Å²) in [5, 5.41) is 10.1. The number of ether oxygens (including phenoxy) is 1. The van der Waals surface area contributed by atoms with Crippen LogP contribution in [-0.2, 0) is 4.74 Å². The maximum absolute atomic E-state index is 10.1. The molecule has 2 fully saturated rings. The highest BCUT2D eigenvalue weighted by atomic mass is 16.5. The van der Waals surface area contributed by atoms with Gasteiger partial charge >= 0.3 is 0 Å². The maximum Gasteiger partial charge on any atom is 0.0678 e. The molecular formula is C14H27NO2. The van der Waals surface area contributed by atoms with Crippen molar-refractivity contribution in [3.05, 3.63) is 0 Å². The van der Waals surface area contributed by atoms with E-state index in [9.17, 15) is 5.11 Å². The quantitative estimate of drug-likeness (QED) is 0.801. The number of nitrogens with zero attached hydrogens (tertiary/aromatic N) is 1. The van der Waals surface area contributed by atoms with Crippen LogP contribution in [0.15, 0.2) is 0 Å². The van der Waals surface area contributed by atoms with Gasteiger partial charge in [-0.3, -0.25) is 4.90 Å². The number of hydrogen-bond acceptors (Lipinski definition) is 3. The Labute approximate surface area is 105 Å². The molecule has 3 heteroatoms. The fourth-order valence-corrected chi connectivity index (χ4v) is 3.44. The van der Waals surface area contributed by atoms with Crippen LogP contribution in [0.4, 0.5) is 0 Å². The molecule has 1 heterocycles. The van der Waals surface area contributed by atoms with Crippen molar-refractivity contribution in [3.8, 4) is 0 Å². The molecule has 1 aliphatic heterocycles. The minimum atomic E-state index is -0.0837. The molecule has 0 amide bonds. The predicted molar refractivity (Wildman–Crippen MR) is 69.0 cm³/mol. The van der Waals surface area contributed by atoms with E-state index in [-0.39, 0.29) is 6.10 Å². The summed E-state index contributed by atoms with van der Waals surface area (Å²) in [5.41, 5.74) is 0. The standard InChI is InChI=1S/C14H27NO2/c1-10-4-5-14(16)13(6-10)9-15-7-11(2)17-12(3)8-15/h10-14,16H,4-9H2,1-3H3. The van der Waals surface area contributed by atoms with Crippen molar-refractivity contribution < 1.29 is 9.84 Å². The topological polar surface area (TPSA) is 32.7 Å². The highest BCUT2D eigenvalue weighted by Crippen LogP contribution is 2.30. The molecule has 17 heavy (non-hydrogen) atoms. The van der Waals surface area contributed by atoms with Crippen LogP contribution >= 0.6 is 0 Å². The number of aliphatic hydroxyl groups excluding tert-OH is 1. The van der Waals surface area contributed by atoms with Gasteiger partial charge in [-0.2, -0.15) is 0 Å². The lowest BCUT2D eigenvalue weighted by molar-refractivity contribution is -0.0800. The maximum atomic E-state index is 10.1. The predicted octanol–water partition coefficient (Wildman–Crippen LogP) is 1.89. The molecule has 0 aromatic rings. The summed E-state index contributed by atoms with van der Waals surface area (Å²) >= 11 is 0. The second-order valence-electron chi connectivity index (χ2n) is 6.22. The second kappa shape index (κ2) is 5.68. The molecule has 0 aromatic heterocycles. The SMILES string of the molecule is CC1CCC(O)C(CN2CC(C)OC(C)C2)C1. The average Bonchev–Trinajstić information content (AvgIpc) is 2.22. The zero-order valence-corrected chi connectivity index (χ0v) is 11.4. The van der Waals surface area contributed by atoms with Crippen LogP contribution in [0.5, 0.6) is 0 Å². The van der Waals surface area contributed by atoms with Gasteiger partial charge in [-0.05, 0) is 44.9 Å². The van der Waals surface area contributed by atoms with Gasteiger partial charge in [0.15, 0.2) is 0 Å². The van der Waals surface area contributed by atoms with E-state index in [1.54, 1.807) is 0 Å². The summed E-state index contributed by atoms with van der Waals surface area (Å²) in [7, 11) is 0. The Morgan fingerprint density at radius 1 is 1.12 bits per heavy atom. The Morgan fingerprint density at radius 3 is 2.41 bits per heavy atom. The van der Waals surface area contributed by atoms with E-state index in [2.05, 4.69) is 25.7 Å². The van der Waals surface area contributed by atoms with E-state index in [0.717, 1.165) is 32.0 Å². The Balaban J connectivity index is 1.86. The first-order valence-corrected chi connectivity index (χ1v) is 7.10. The Morgan fingerprint density at radius 2 is 1.76 bits per heavy atom. The lowest BCUT2D eigenvalue weighted by atomic mass is 9.80. The van der Waals surface area contributed by atoms with E-state index in [4.69, 9.17) is 4.74 Å². The summed E-state index contributed by atoms with van der Waals surface area (Å²) in [6.45, 7) is 9.67. The molecule has 1 N–H and O–H groups in total. The smallest absolute Gasteiger partial charge is 0.0678 e. The van der Waals surface area contributed by atoms with E-state index < -0.39 is 0 Å². The molecule has 1 saturated heterocycles. The third-order valence-electron chi connectivity index (χ3n) is 4.19. The van der Waals surface area contributed by atoms with Gasteiger partial charge in [0.2, 0.25) is 0 Å². The zero-order chi connectivity index (χ0) is 12.4. The third kappa shape index (κ3) is 3.67. The third-order valence-corrected chi connectivity index (χ3v) is 4.19. The lowest BCUT2D eigenvalue weighted by Gasteiger charge is -2.40. The Bertz CT molecular complexity index is 236. The summed E-state index contributed by atoms with van der Waals surface area (Å²) in [6.07, 6.45) is 3.93.